The van der Waals surface area contributed by atoms with Gasteiger partial charge in [-0.05, 0) is 24.6 Å². The molecule has 0 saturated carbocycles. The number of fused-ring (bicyclic) bond motifs is 1. The minimum Gasteiger partial charge on any atom is -0.383 e. The van der Waals surface area contributed by atoms with E-state index in [0.29, 0.717) is 19.6 Å². The Bertz CT molecular complexity index is 691. The Labute approximate surface area is 136 Å². The van der Waals surface area contributed by atoms with Gasteiger partial charge in [-0.1, -0.05) is 40.6 Å². The number of unbranched alkanes of at least 4 members (excludes halogenated alkanes) is 1. The molecule has 1 aromatic carbocycles. The van der Waals surface area contributed by atoms with Crippen LogP contribution < -0.4 is 4.80 Å². The molecule has 0 atom stereocenters. The van der Waals surface area contributed by atoms with Crippen LogP contribution in [0.5, 0.6) is 0 Å². The summed E-state index contributed by atoms with van der Waals surface area (Å²) in [5.41, 5.74) is 1.09. The number of hydrogen-bond acceptors (Lipinski definition) is 3. The summed E-state index contributed by atoms with van der Waals surface area (Å²) in [6, 6.07) is 6.10. The summed E-state index contributed by atoms with van der Waals surface area (Å²) in [7, 11) is 1.68. The Kier molecular flexibility index (Phi) is 6.14. The molecule has 0 saturated heterocycles. The van der Waals surface area contributed by atoms with E-state index in [1.54, 1.807) is 18.4 Å². The summed E-state index contributed by atoms with van der Waals surface area (Å²) < 4.78 is 9.36. The summed E-state index contributed by atoms with van der Waals surface area (Å²) in [5, 5.41) is 0. The first-order chi connectivity index (χ1) is 10.2. The lowest BCUT2D eigenvalue weighted by Crippen LogP contribution is -2.19. The first-order valence-electron chi connectivity index (χ1n) is 7.01. The van der Waals surface area contributed by atoms with Gasteiger partial charge in [0.05, 0.1) is 16.8 Å². The zero-order valence-corrected chi connectivity index (χ0v) is 14.7. The molecule has 1 heterocycles. The van der Waals surface area contributed by atoms with Gasteiger partial charge < -0.3 is 9.30 Å². The van der Waals surface area contributed by atoms with Crippen molar-refractivity contribution in [2.45, 2.75) is 32.7 Å². The molecule has 1 amide bonds. The zero-order chi connectivity index (χ0) is 15.2. The molecule has 6 heteroatoms. The van der Waals surface area contributed by atoms with Crippen molar-refractivity contribution in [2.24, 2.45) is 4.99 Å². The van der Waals surface area contributed by atoms with Gasteiger partial charge in [-0.25, -0.2) is 0 Å². The molecule has 2 rings (SSSR count). The number of amides is 1. The standard InChI is InChI=1S/C15H19BrN2O2S/c1-3-4-5-14(19)17-15-18(8-9-20-2)12-7-6-11(16)10-13(12)21-15/h6-7,10H,3-5,8-9H2,1-2H3. The number of aromatic nitrogens is 1. The highest BCUT2D eigenvalue weighted by molar-refractivity contribution is 9.10. The number of thiazole rings is 1. The Balaban J connectivity index is 2.45. The fourth-order valence-corrected chi connectivity index (χ4v) is 3.65. The lowest BCUT2D eigenvalue weighted by molar-refractivity contribution is -0.118. The van der Waals surface area contributed by atoms with E-state index in [2.05, 4.69) is 38.5 Å². The van der Waals surface area contributed by atoms with Crippen molar-refractivity contribution >= 4 is 43.4 Å². The van der Waals surface area contributed by atoms with Gasteiger partial charge in [-0.3, -0.25) is 4.79 Å². The van der Waals surface area contributed by atoms with E-state index in [1.807, 2.05) is 12.1 Å². The van der Waals surface area contributed by atoms with Crippen LogP contribution in [0.3, 0.4) is 0 Å². The van der Waals surface area contributed by atoms with Crippen molar-refractivity contribution < 1.29 is 9.53 Å². The van der Waals surface area contributed by atoms with Crippen molar-refractivity contribution in [3.05, 3.63) is 27.5 Å². The predicted molar refractivity (Wildman–Crippen MR) is 89.5 cm³/mol. The second kappa shape index (κ2) is 7.87. The minimum absolute atomic E-state index is 0.0476. The van der Waals surface area contributed by atoms with Crippen molar-refractivity contribution in [1.82, 2.24) is 4.57 Å². The summed E-state index contributed by atoms with van der Waals surface area (Å²) in [4.78, 5) is 17.0. The summed E-state index contributed by atoms with van der Waals surface area (Å²) in [6.07, 6.45) is 2.40. The molecule has 0 N–H and O–H groups in total. The second-order valence-corrected chi connectivity index (χ2v) is 6.67. The molecule has 1 aromatic heterocycles. The number of methoxy groups -OCH3 is 1. The monoisotopic (exact) mass is 370 g/mol. The van der Waals surface area contributed by atoms with Crippen LogP contribution in [0.15, 0.2) is 27.7 Å². The van der Waals surface area contributed by atoms with Crippen LogP contribution in [0.1, 0.15) is 26.2 Å². The molecular formula is C15H19BrN2O2S. The molecule has 4 nitrogen and oxygen atoms in total. The van der Waals surface area contributed by atoms with E-state index < -0.39 is 0 Å². The van der Waals surface area contributed by atoms with Gasteiger partial charge >= 0.3 is 0 Å². The number of hydrogen-bond donors (Lipinski definition) is 0. The Morgan fingerprint density at radius 3 is 3.00 bits per heavy atom. The Morgan fingerprint density at radius 2 is 2.29 bits per heavy atom. The number of halogens is 1. The molecule has 0 bridgehead atoms. The molecule has 0 aliphatic heterocycles. The quantitative estimate of drug-likeness (QED) is 0.777. The van der Waals surface area contributed by atoms with E-state index >= 15 is 0 Å². The number of nitrogens with zero attached hydrogens (tertiary/aromatic N) is 2. The third-order valence-electron chi connectivity index (χ3n) is 3.13. The molecule has 0 fully saturated rings. The van der Waals surface area contributed by atoms with Crippen LogP contribution in [-0.2, 0) is 16.1 Å². The normalized spacial score (nSPS) is 12.2. The SMILES string of the molecule is CCCCC(=O)N=c1sc2cc(Br)ccc2n1CCOC. The van der Waals surface area contributed by atoms with E-state index in [1.165, 1.54) is 0 Å². The highest BCUT2D eigenvalue weighted by Crippen LogP contribution is 2.22. The maximum atomic E-state index is 11.9. The first kappa shape index (κ1) is 16.4. The van der Waals surface area contributed by atoms with Crippen LogP contribution in [0, 0.1) is 0 Å². The van der Waals surface area contributed by atoms with Crippen LogP contribution in [0.4, 0.5) is 0 Å². The number of carbonyl (C=O) groups excluding carboxylic acids is 1. The van der Waals surface area contributed by atoms with Gasteiger partial charge in [0, 0.05) is 24.5 Å². The van der Waals surface area contributed by atoms with Crippen molar-refractivity contribution in [3.8, 4) is 0 Å². The van der Waals surface area contributed by atoms with E-state index in [-0.39, 0.29) is 5.91 Å². The average molecular weight is 371 g/mol. The smallest absolute Gasteiger partial charge is 0.248 e. The second-order valence-electron chi connectivity index (χ2n) is 4.75. The van der Waals surface area contributed by atoms with Gasteiger partial charge in [0.25, 0.3) is 0 Å². The van der Waals surface area contributed by atoms with Crippen molar-refractivity contribution in [2.75, 3.05) is 13.7 Å². The maximum Gasteiger partial charge on any atom is 0.248 e. The fourth-order valence-electron chi connectivity index (χ4n) is 2.02. The Hall–Kier alpha value is -0.980. The van der Waals surface area contributed by atoms with Crippen molar-refractivity contribution in [1.29, 1.82) is 0 Å². The number of rotatable bonds is 6. The van der Waals surface area contributed by atoms with Crippen LogP contribution in [0.25, 0.3) is 10.2 Å². The number of ether oxygens (including phenoxy) is 1. The molecule has 0 aliphatic rings. The Morgan fingerprint density at radius 1 is 1.48 bits per heavy atom. The average Bonchev–Trinajstić information content (AvgIpc) is 2.79. The largest absolute Gasteiger partial charge is 0.383 e. The topological polar surface area (TPSA) is 43.6 Å². The van der Waals surface area contributed by atoms with E-state index in [9.17, 15) is 4.79 Å². The minimum atomic E-state index is -0.0476. The maximum absolute atomic E-state index is 11.9. The number of carbonyl (C=O) groups is 1. The molecule has 0 spiro atoms. The summed E-state index contributed by atoms with van der Waals surface area (Å²) in [5.74, 6) is -0.0476. The van der Waals surface area contributed by atoms with Gasteiger partial charge in [0.15, 0.2) is 4.80 Å². The molecule has 0 radical (unpaired) electrons. The third kappa shape index (κ3) is 4.25. The van der Waals surface area contributed by atoms with Crippen molar-refractivity contribution in [3.63, 3.8) is 0 Å². The molecular weight excluding hydrogens is 352 g/mol. The van der Waals surface area contributed by atoms with Crippen LogP contribution in [-0.4, -0.2) is 24.2 Å². The highest BCUT2D eigenvalue weighted by atomic mass is 79.9. The van der Waals surface area contributed by atoms with E-state index in [4.69, 9.17) is 4.74 Å². The molecule has 0 unspecified atom stereocenters. The number of benzene rings is 1. The third-order valence-corrected chi connectivity index (χ3v) is 4.66. The highest BCUT2D eigenvalue weighted by Gasteiger charge is 2.08. The molecule has 21 heavy (non-hydrogen) atoms. The van der Waals surface area contributed by atoms with E-state index in [0.717, 1.165) is 32.3 Å². The summed E-state index contributed by atoms with van der Waals surface area (Å²) >= 11 is 5.02. The lowest BCUT2D eigenvalue weighted by atomic mass is 10.2. The van der Waals surface area contributed by atoms with Gasteiger partial charge in [0.2, 0.25) is 5.91 Å². The van der Waals surface area contributed by atoms with Gasteiger partial charge in [-0.15, -0.1) is 0 Å². The predicted octanol–water partition coefficient (Wildman–Crippen LogP) is 3.73. The molecule has 114 valence electrons. The molecule has 2 aromatic rings. The molecule has 0 aliphatic carbocycles. The van der Waals surface area contributed by atoms with Gasteiger partial charge in [0.1, 0.15) is 0 Å². The van der Waals surface area contributed by atoms with Crippen LogP contribution in [0.2, 0.25) is 0 Å². The lowest BCUT2D eigenvalue weighted by Gasteiger charge is -2.04. The zero-order valence-electron chi connectivity index (χ0n) is 12.3. The fraction of sp³-hybridized carbons (Fsp3) is 0.467. The first-order valence-corrected chi connectivity index (χ1v) is 8.62. The van der Waals surface area contributed by atoms with Gasteiger partial charge in [-0.2, -0.15) is 4.99 Å². The summed E-state index contributed by atoms with van der Waals surface area (Å²) in [6.45, 7) is 3.36. The van der Waals surface area contributed by atoms with Crippen LogP contribution >= 0.6 is 27.3 Å².